The fraction of sp³-hybridized carbons (Fsp3) is 0.700. The maximum Gasteiger partial charge on any atom is 0.00104 e. The highest BCUT2D eigenvalue weighted by atomic mass is 14.9. The third kappa shape index (κ3) is 3.88. The van der Waals surface area contributed by atoms with Crippen molar-refractivity contribution in [2.45, 2.75) is 71.3 Å². The summed E-state index contributed by atoms with van der Waals surface area (Å²) in [6.45, 7) is 5.74. The fourth-order valence-corrected chi connectivity index (χ4v) is 4.26. The number of nitrogens with one attached hydrogen (secondary N) is 1. The van der Waals surface area contributed by atoms with Crippen molar-refractivity contribution in [2.75, 3.05) is 6.54 Å². The van der Waals surface area contributed by atoms with Crippen LogP contribution >= 0.6 is 0 Å². The Morgan fingerprint density at radius 2 is 1.76 bits per heavy atom. The second kappa shape index (κ2) is 6.96. The smallest absolute Gasteiger partial charge is 0.00104 e. The first-order chi connectivity index (χ1) is 10.2. The lowest BCUT2D eigenvalue weighted by atomic mass is 9.76. The molecule has 0 amide bonds. The number of aryl methyl sites for hydroxylation is 2. The van der Waals surface area contributed by atoms with Crippen LogP contribution in [0.15, 0.2) is 18.2 Å². The molecule has 2 unspecified atom stereocenters. The molecule has 0 aliphatic heterocycles. The topological polar surface area (TPSA) is 12.0 Å². The number of hydrogen-bond donors (Lipinski definition) is 1. The van der Waals surface area contributed by atoms with Gasteiger partial charge >= 0.3 is 0 Å². The van der Waals surface area contributed by atoms with Crippen molar-refractivity contribution in [3.8, 4) is 0 Å². The van der Waals surface area contributed by atoms with Gasteiger partial charge in [0.1, 0.15) is 0 Å². The average molecular weight is 285 g/mol. The van der Waals surface area contributed by atoms with E-state index in [4.69, 9.17) is 0 Å². The van der Waals surface area contributed by atoms with Crippen molar-refractivity contribution in [1.29, 1.82) is 0 Å². The quantitative estimate of drug-likeness (QED) is 0.838. The van der Waals surface area contributed by atoms with Gasteiger partial charge in [-0.3, -0.25) is 0 Å². The maximum absolute atomic E-state index is 3.67. The first kappa shape index (κ1) is 15.1. The van der Waals surface area contributed by atoms with E-state index in [1.807, 2.05) is 0 Å². The minimum atomic E-state index is 0.618. The largest absolute Gasteiger partial charge is 0.314 e. The molecular formula is C20H31N. The molecule has 1 fully saturated rings. The van der Waals surface area contributed by atoms with Gasteiger partial charge in [0.25, 0.3) is 0 Å². The van der Waals surface area contributed by atoms with Crippen LogP contribution in [0.1, 0.15) is 62.6 Å². The van der Waals surface area contributed by atoms with Crippen LogP contribution in [-0.4, -0.2) is 12.6 Å². The Morgan fingerprint density at radius 1 is 1.00 bits per heavy atom. The van der Waals surface area contributed by atoms with E-state index >= 15 is 0 Å². The molecule has 0 spiro atoms. The normalized spacial score (nSPS) is 25.3. The molecule has 0 radical (unpaired) electrons. The van der Waals surface area contributed by atoms with Gasteiger partial charge in [0.05, 0.1) is 0 Å². The highest BCUT2D eigenvalue weighted by molar-refractivity contribution is 5.35. The predicted octanol–water partition coefficient (Wildman–Crippen LogP) is 4.52. The van der Waals surface area contributed by atoms with Gasteiger partial charge in [-0.2, -0.15) is 0 Å². The summed E-state index contributed by atoms with van der Waals surface area (Å²) in [5.74, 6) is 1.78. The summed E-state index contributed by atoms with van der Waals surface area (Å²) in [5.41, 5.74) is 4.85. The molecule has 0 saturated heterocycles. The van der Waals surface area contributed by atoms with Crippen molar-refractivity contribution in [1.82, 2.24) is 5.32 Å². The van der Waals surface area contributed by atoms with Crippen molar-refractivity contribution in [3.05, 3.63) is 34.9 Å². The fourth-order valence-electron chi connectivity index (χ4n) is 4.26. The van der Waals surface area contributed by atoms with Gasteiger partial charge in [-0.25, -0.2) is 0 Å². The van der Waals surface area contributed by atoms with E-state index in [0.717, 1.165) is 11.8 Å². The Balaban J connectivity index is 1.63. The lowest BCUT2D eigenvalue weighted by Gasteiger charge is -2.32. The zero-order valence-corrected chi connectivity index (χ0v) is 13.8. The van der Waals surface area contributed by atoms with E-state index in [0.29, 0.717) is 6.04 Å². The molecule has 1 heteroatoms. The van der Waals surface area contributed by atoms with Crippen LogP contribution in [0.25, 0.3) is 0 Å². The van der Waals surface area contributed by atoms with E-state index in [1.54, 1.807) is 16.7 Å². The summed E-state index contributed by atoms with van der Waals surface area (Å²) in [5, 5.41) is 3.67. The Bertz CT molecular complexity index is 463. The zero-order chi connectivity index (χ0) is 14.7. The molecule has 2 atom stereocenters. The lowest BCUT2D eigenvalue weighted by Crippen LogP contribution is -2.34. The van der Waals surface area contributed by atoms with E-state index in [1.165, 1.54) is 57.9 Å². The van der Waals surface area contributed by atoms with Gasteiger partial charge in [-0.05, 0) is 73.6 Å². The molecule has 0 heterocycles. The Morgan fingerprint density at radius 3 is 2.57 bits per heavy atom. The summed E-state index contributed by atoms with van der Waals surface area (Å²) in [6.07, 6.45) is 11.0. The summed E-state index contributed by atoms with van der Waals surface area (Å²) in [6, 6.07) is 7.95. The number of hydrogen-bond acceptors (Lipinski definition) is 1. The highest BCUT2D eigenvalue weighted by Crippen LogP contribution is 2.33. The molecule has 2 aliphatic rings. The Hall–Kier alpha value is -0.820. The number of rotatable bonds is 5. The van der Waals surface area contributed by atoms with Crippen LogP contribution in [0.3, 0.4) is 0 Å². The lowest BCUT2D eigenvalue weighted by molar-refractivity contribution is 0.224. The molecule has 1 aromatic carbocycles. The SMILES string of the molecule is CC(C)NCC1CCCCC1Cc1ccc2c(c1)CCC2. The van der Waals surface area contributed by atoms with Crippen LogP contribution in [0, 0.1) is 11.8 Å². The van der Waals surface area contributed by atoms with Crippen molar-refractivity contribution >= 4 is 0 Å². The van der Waals surface area contributed by atoms with E-state index in [-0.39, 0.29) is 0 Å². The molecule has 116 valence electrons. The van der Waals surface area contributed by atoms with Crippen molar-refractivity contribution in [3.63, 3.8) is 0 Å². The number of benzene rings is 1. The molecule has 0 aromatic heterocycles. The third-order valence-electron chi connectivity index (χ3n) is 5.52. The maximum atomic E-state index is 3.67. The monoisotopic (exact) mass is 285 g/mol. The minimum Gasteiger partial charge on any atom is -0.314 e. The first-order valence-electron chi connectivity index (χ1n) is 9.06. The van der Waals surface area contributed by atoms with Gasteiger partial charge < -0.3 is 5.32 Å². The second-order valence-electron chi connectivity index (χ2n) is 7.53. The summed E-state index contributed by atoms with van der Waals surface area (Å²) < 4.78 is 0. The van der Waals surface area contributed by atoms with E-state index in [2.05, 4.69) is 37.4 Å². The van der Waals surface area contributed by atoms with Crippen LogP contribution < -0.4 is 5.32 Å². The zero-order valence-electron chi connectivity index (χ0n) is 13.8. The van der Waals surface area contributed by atoms with Crippen LogP contribution in [0.5, 0.6) is 0 Å². The molecule has 0 bridgehead atoms. The van der Waals surface area contributed by atoms with E-state index < -0.39 is 0 Å². The Kier molecular flexibility index (Phi) is 5.00. The molecule has 1 N–H and O–H groups in total. The predicted molar refractivity (Wildman–Crippen MR) is 90.8 cm³/mol. The van der Waals surface area contributed by atoms with E-state index in [9.17, 15) is 0 Å². The second-order valence-corrected chi connectivity index (χ2v) is 7.53. The molecular weight excluding hydrogens is 254 g/mol. The van der Waals surface area contributed by atoms with Crippen LogP contribution in [0.4, 0.5) is 0 Å². The summed E-state index contributed by atoms with van der Waals surface area (Å²) in [7, 11) is 0. The molecule has 21 heavy (non-hydrogen) atoms. The van der Waals surface area contributed by atoms with Crippen LogP contribution in [0.2, 0.25) is 0 Å². The van der Waals surface area contributed by atoms with Gasteiger partial charge in [0.2, 0.25) is 0 Å². The molecule has 1 nitrogen and oxygen atoms in total. The van der Waals surface area contributed by atoms with Crippen molar-refractivity contribution < 1.29 is 0 Å². The van der Waals surface area contributed by atoms with Crippen LogP contribution in [-0.2, 0) is 19.3 Å². The first-order valence-corrected chi connectivity index (χ1v) is 9.06. The summed E-state index contributed by atoms with van der Waals surface area (Å²) in [4.78, 5) is 0. The molecule has 3 rings (SSSR count). The van der Waals surface area contributed by atoms with Gasteiger partial charge in [-0.15, -0.1) is 0 Å². The standard InChI is InChI=1S/C20H31N/c1-15(2)21-14-20-7-4-3-6-19(20)13-16-10-11-17-8-5-9-18(17)12-16/h10-12,15,19-21H,3-9,13-14H2,1-2H3. The van der Waals surface area contributed by atoms with Crippen molar-refractivity contribution in [2.24, 2.45) is 11.8 Å². The molecule has 2 aliphatic carbocycles. The average Bonchev–Trinajstić information content (AvgIpc) is 2.94. The molecule has 1 saturated carbocycles. The van der Waals surface area contributed by atoms with Gasteiger partial charge in [0, 0.05) is 6.04 Å². The summed E-state index contributed by atoms with van der Waals surface area (Å²) >= 11 is 0. The number of fused-ring (bicyclic) bond motifs is 1. The highest BCUT2D eigenvalue weighted by Gasteiger charge is 2.25. The third-order valence-corrected chi connectivity index (χ3v) is 5.52. The molecule has 1 aromatic rings. The van der Waals surface area contributed by atoms with Gasteiger partial charge in [0.15, 0.2) is 0 Å². The van der Waals surface area contributed by atoms with Gasteiger partial charge in [-0.1, -0.05) is 44.9 Å². The Labute approximate surface area is 130 Å². The minimum absolute atomic E-state index is 0.618.